The van der Waals surface area contributed by atoms with Crippen LogP contribution in [0, 0.1) is 6.92 Å². The van der Waals surface area contributed by atoms with Crippen molar-refractivity contribution in [3.8, 4) is 5.75 Å². The van der Waals surface area contributed by atoms with Crippen LogP contribution in [-0.2, 0) is 11.2 Å². The molecule has 0 unspecified atom stereocenters. The Kier molecular flexibility index (Phi) is 7.57. The average molecular weight is 264 g/mol. The Morgan fingerprint density at radius 1 is 1.05 bits per heavy atom. The molecule has 2 heteroatoms. The first-order chi connectivity index (χ1) is 9.13. The molecule has 0 bridgehead atoms. The Hall–Kier alpha value is -1.02. The summed E-state index contributed by atoms with van der Waals surface area (Å²) >= 11 is 0. The molecule has 108 valence electrons. The van der Waals surface area contributed by atoms with Crippen LogP contribution in [0.15, 0.2) is 18.2 Å². The fourth-order valence-corrected chi connectivity index (χ4v) is 2.19. The Balaban J connectivity index is 2.20. The van der Waals surface area contributed by atoms with Crippen molar-refractivity contribution in [3.05, 3.63) is 29.3 Å². The van der Waals surface area contributed by atoms with Crippen LogP contribution in [-0.4, -0.2) is 19.8 Å². The lowest BCUT2D eigenvalue weighted by Crippen LogP contribution is -2.03. The summed E-state index contributed by atoms with van der Waals surface area (Å²) < 4.78 is 10.9. The Morgan fingerprint density at radius 2 is 1.79 bits per heavy atom. The van der Waals surface area contributed by atoms with Gasteiger partial charge in [-0.1, -0.05) is 30.5 Å². The fourth-order valence-electron chi connectivity index (χ4n) is 2.19. The van der Waals surface area contributed by atoms with E-state index in [1.54, 1.807) is 7.11 Å². The van der Waals surface area contributed by atoms with Crippen molar-refractivity contribution < 1.29 is 9.47 Å². The highest BCUT2D eigenvalue weighted by Crippen LogP contribution is 2.21. The summed E-state index contributed by atoms with van der Waals surface area (Å²) in [6, 6.07) is 6.41. The molecule has 19 heavy (non-hydrogen) atoms. The molecule has 0 heterocycles. The molecule has 0 atom stereocenters. The summed E-state index contributed by atoms with van der Waals surface area (Å²) in [5.41, 5.74) is 2.64. The number of ether oxygens (including phenoxy) is 2. The smallest absolute Gasteiger partial charge is 0.122 e. The van der Waals surface area contributed by atoms with Gasteiger partial charge in [-0.3, -0.25) is 0 Å². The SMILES string of the molecule is COc1ccc(C)cc1CCCCCCOC(C)C. The van der Waals surface area contributed by atoms with Crippen molar-refractivity contribution in [1.82, 2.24) is 0 Å². The third-order valence-electron chi connectivity index (χ3n) is 3.23. The molecule has 2 nitrogen and oxygen atoms in total. The number of methoxy groups -OCH3 is 1. The first-order valence-electron chi connectivity index (χ1n) is 7.38. The topological polar surface area (TPSA) is 18.5 Å². The predicted molar refractivity (Wildman–Crippen MR) is 81.0 cm³/mol. The highest BCUT2D eigenvalue weighted by atomic mass is 16.5. The number of benzene rings is 1. The molecule has 0 fully saturated rings. The molecule has 0 amide bonds. The molecule has 1 rings (SSSR count). The highest BCUT2D eigenvalue weighted by Gasteiger charge is 2.03. The molecule has 0 N–H and O–H groups in total. The van der Waals surface area contributed by atoms with Crippen LogP contribution in [0.4, 0.5) is 0 Å². The molecule has 0 spiro atoms. The minimum atomic E-state index is 0.358. The normalized spacial score (nSPS) is 11.0. The molecule has 0 aliphatic heterocycles. The van der Waals surface area contributed by atoms with Gasteiger partial charge in [-0.2, -0.15) is 0 Å². The Morgan fingerprint density at radius 3 is 2.47 bits per heavy atom. The average Bonchev–Trinajstić information content (AvgIpc) is 2.37. The first kappa shape index (κ1) is 16.0. The summed E-state index contributed by atoms with van der Waals surface area (Å²) in [6.07, 6.45) is 6.37. The van der Waals surface area contributed by atoms with Crippen molar-refractivity contribution >= 4 is 0 Å². The van der Waals surface area contributed by atoms with Crippen molar-refractivity contribution in [2.45, 2.75) is 59.0 Å². The molecule has 1 aromatic carbocycles. The van der Waals surface area contributed by atoms with Gasteiger partial charge in [0.25, 0.3) is 0 Å². The largest absolute Gasteiger partial charge is 0.496 e. The third kappa shape index (κ3) is 6.63. The van der Waals surface area contributed by atoms with Crippen LogP contribution in [0.3, 0.4) is 0 Å². The standard InChI is InChI=1S/C17H28O2/c1-14(2)19-12-8-6-5-7-9-16-13-15(3)10-11-17(16)18-4/h10-11,13-14H,5-9,12H2,1-4H3. The second-order valence-electron chi connectivity index (χ2n) is 5.40. The Labute approximate surface area is 118 Å². The van der Waals surface area contributed by atoms with Gasteiger partial charge in [-0.25, -0.2) is 0 Å². The summed E-state index contributed by atoms with van der Waals surface area (Å²) in [4.78, 5) is 0. The van der Waals surface area contributed by atoms with Crippen molar-refractivity contribution in [2.75, 3.05) is 13.7 Å². The van der Waals surface area contributed by atoms with Gasteiger partial charge in [0, 0.05) is 6.61 Å². The number of hydrogen-bond donors (Lipinski definition) is 0. The van der Waals surface area contributed by atoms with Gasteiger partial charge in [0.2, 0.25) is 0 Å². The van der Waals surface area contributed by atoms with E-state index in [-0.39, 0.29) is 0 Å². The summed E-state index contributed by atoms with van der Waals surface area (Å²) in [7, 11) is 1.75. The highest BCUT2D eigenvalue weighted by molar-refractivity contribution is 5.36. The molecule has 0 aromatic heterocycles. The predicted octanol–water partition coefficient (Wildman–Crippen LogP) is 4.53. The van der Waals surface area contributed by atoms with Gasteiger partial charge < -0.3 is 9.47 Å². The van der Waals surface area contributed by atoms with Crippen LogP contribution in [0.1, 0.15) is 50.7 Å². The molecule has 0 aliphatic rings. The maximum absolute atomic E-state index is 5.54. The number of rotatable bonds is 9. The molecular weight excluding hydrogens is 236 g/mol. The molecular formula is C17H28O2. The number of unbranched alkanes of at least 4 members (excludes halogenated alkanes) is 3. The maximum atomic E-state index is 5.54. The first-order valence-corrected chi connectivity index (χ1v) is 7.38. The van der Waals surface area contributed by atoms with Gasteiger partial charge in [-0.05, 0) is 51.7 Å². The lowest BCUT2D eigenvalue weighted by molar-refractivity contribution is 0.0757. The van der Waals surface area contributed by atoms with Gasteiger partial charge in [0.15, 0.2) is 0 Å². The second kappa shape index (κ2) is 8.98. The van der Waals surface area contributed by atoms with E-state index in [1.807, 2.05) is 0 Å². The van der Waals surface area contributed by atoms with E-state index in [1.165, 1.54) is 36.8 Å². The van der Waals surface area contributed by atoms with E-state index in [9.17, 15) is 0 Å². The molecule has 0 radical (unpaired) electrons. The zero-order valence-electron chi connectivity index (χ0n) is 12.9. The lowest BCUT2D eigenvalue weighted by atomic mass is 10.0. The van der Waals surface area contributed by atoms with E-state index in [2.05, 4.69) is 39.0 Å². The fraction of sp³-hybridized carbons (Fsp3) is 0.647. The van der Waals surface area contributed by atoms with Crippen LogP contribution in [0.2, 0.25) is 0 Å². The minimum Gasteiger partial charge on any atom is -0.496 e. The van der Waals surface area contributed by atoms with Crippen LogP contribution in [0.25, 0.3) is 0 Å². The quantitative estimate of drug-likeness (QED) is 0.610. The van der Waals surface area contributed by atoms with Crippen LogP contribution < -0.4 is 4.74 Å². The van der Waals surface area contributed by atoms with Gasteiger partial charge >= 0.3 is 0 Å². The zero-order chi connectivity index (χ0) is 14.1. The molecule has 1 aromatic rings. The maximum Gasteiger partial charge on any atom is 0.122 e. The second-order valence-corrected chi connectivity index (χ2v) is 5.40. The number of aryl methyl sites for hydroxylation is 2. The molecule has 0 saturated carbocycles. The molecule has 0 aliphatic carbocycles. The number of hydrogen-bond acceptors (Lipinski definition) is 2. The van der Waals surface area contributed by atoms with E-state index >= 15 is 0 Å². The summed E-state index contributed by atoms with van der Waals surface area (Å²) in [6.45, 7) is 7.20. The third-order valence-corrected chi connectivity index (χ3v) is 3.23. The lowest BCUT2D eigenvalue weighted by Gasteiger charge is -2.10. The van der Waals surface area contributed by atoms with Gasteiger partial charge in [0.05, 0.1) is 13.2 Å². The monoisotopic (exact) mass is 264 g/mol. The van der Waals surface area contributed by atoms with E-state index < -0.39 is 0 Å². The van der Waals surface area contributed by atoms with Crippen molar-refractivity contribution in [1.29, 1.82) is 0 Å². The van der Waals surface area contributed by atoms with Crippen molar-refractivity contribution in [3.63, 3.8) is 0 Å². The van der Waals surface area contributed by atoms with Gasteiger partial charge in [0.1, 0.15) is 5.75 Å². The van der Waals surface area contributed by atoms with E-state index in [4.69, 9.17) is 9.47 Å². The van der Waals surface area contributed by atoms with E-state index in [0.29, 0.717) is 6.10 Å². The van der Waals surface area contributed by atoms with Gasteiger partial charge in [-0.15, -0.1) is 0 Å². The molecule has 0 saturated heterocycles. The van der Waals surface area contributed by atoms with Crippen LogP contribution >= 0.6 is 0 Å². The minimum absolute atomic E-state index is 0.358. The van der Waals surface area contributed by atoms with E-state index in [0.717, 1.165) is 18.8 Å². The zero-order valence-corrected chi connectivity index (χ0v) is 12.9. The van der Waals surface area contributed by atoms with Crippen LogP contribution in [0.5, 0.6) is 5.75 Å². The van der Waals surface area contributed by atoms with Crippen molar-refractivity contribution in [2.24, 2.45) is 0 Å². The summed E-state index contributed by atoms with van der Waals surface area (Å²) in [5.74, 6) is 1.02. The summed E-state index contributed by atoms with van der Waals surface area (Å²) in [5, 5.41) is 0. The Bertz CT molecular complexity index is 358.